The number of amides is 1. The minimum atomic E-state index is -1.11. The number of carbonyl (C=O) groups is 1. The van der Waals surface area contributed by atoms with E-state index in [4.69, 9.17) is 0 Å². The highest BCUT2D eigenvalue weighted by molar-refractivity contribution is 5.85. The van der Waals surface area contributed by atoms with Crippen LogP contribution in [-0.2, 0) is 4.79 Å². The largest absolute Gasteiger partial charge is 0.379 e. The summed E-state index contributed by atoms with van der Waals surface area (Å²) in [5.74, 6) is -0.368. The fraction of sp³-hybridized carbons (Fsp3) is 0.400. The van der Waals surface area contributed by atoms with Gasteiger partial charge >= 0.3 is 0 Å². The zero-order chi connectivity index (χ0) is 13.8. The van der Waals surface area contributed by atoms with Crippen molar-refractivity contribution in [2.75, 3.05) is 0 Å². The van der Waals surface area contributed by atoms with Crippen LogP contribution in [0.5, 0.6) is 0 Å². The second-order valence-electron chi connectivity index (χ2n) is 5.44. The molecular formula is C15H21NO2. The van der Waals surface area contributed by atoms with E-state index in [1.165, 1.54) is 0 Å². The average Bonchev–Trinajstić information content (AvgIpc) is 2.27. The highest BCUT2D eigenvalue weighted by Gasteiger charge is 2.21. The number of aliphatic hydroxyl groups excluding tert-OH is 1. The van der Waals surface area contributed by atoms with Crippen LogP contribution in [0.25, 0.3) is 6.08 Å². The minimum Gasteiger partial charge on any atom is -0.379 e. The first kappa shape index (κ1) is 14.5. The van der Waals surface area contributed by atoms with Gasteiger partial charge in [-0.3, -0.25) is 4.79 Å². The van der Waals surface area contributed by atoms with E-state index in [9.17, 15) is 9.90 Å². The Hall–Kier alpha value is -1.61. The van der Waals surface area contributed by atoms with Gasteiger partial charge in [-0.25, -0.2) is 0 Å². The molecule has 98 valence electrons. The molecule has 0 heterocycles. The summed E-state index contributed by atoms with van der Waals surface area (Å²) in [7, 11) is 0. The molecule has 0 spiro atoms. The first-order valence-electron chi connectivity index (χ1n) is 6.03. The molecule has 1 unspecified atom stereocenters. The van der Waals surface area contributed by atoms with Crippen LogP contribution in [0.2, 0.25) is 0 Å². The quantitative estimate of drug-likeness (QED) is 0.861. The maximum absolute atomic E-state index is 11.8. The van der Waals surface area contributed by atoms with Gasteiger partial charge in [-0.05, 0) is 38.8 Å². The third-order valence-electron chi connectivity index (χ3n) is 2.37. The van der Waals surface area contributed by atoms with Gasteiger partial charge in [-0.15, -0.1) is 0 Å². The van der Waals surface area contributed by atoms with Gasteiger partial charge in [-0.2, -0.15) is 0 Å². The monoisotopic (exact) mass is 247 g/mol. The third-order valence-corrected chi connectivity index (χ3v) is 2.37. The van der Waals surface area contributed by atoms with E-state index in [1.807, 2.05) is 57.2 Å². The fourth-order valence-corrected chi connectivity index (χ4v) is 1.54. The minimum absolute atomic E-state index is 0.342. The Labute approximate surface area is 109 Å². The van der Waals surface area contributed by atoms with Gasteiger partial charge in [0, 0.05) is 5.54 Å². The lowest BCUT2D eigenvalue weighted by atomic mass is 10.0. The topological polar surface area (TPSA) is 49.3 Å². The summed E-state index contributed by atoms with van der Waals surface area (Å²) in [4.78, 5) is 11.8. The Bertz CT molecular complexity index is 430. The molecule has 1 amide bonds. The van der Waals surface area contributed by atoms with Crippen LogP contribution in [0, 0.1) is 0 Å². The molecule has 0 saturated heterocycles. The molecule has 2 N–H and O–H groups in total. The van der Waals surface area contributed by atoms with E-state index in [1.54, 1.807) is 6.92 Å². The average molecular weight is 247 g/mol. The van der Waals surface area contributed by atoms with E-state index < -0.39 is 6.10 Å². The second kappa shape index (κ2) is 5.83. The maximum Gasteiger partial charge on any atom is 0.253 e. The molecule has 0 aromatic heterocycles. The number of benzene rings is 1. The summed E-state index contributed by atoms with van der Waals surface area (Å²) in [6.07, 6.45) is 0.705. The number of carbonyl (C=O) groups excluding carboxylic acids is 1. The number of nitrogens with one attached hydrogen (secondary N) is 1. The zero-order valence-electron chi connectivity index (χ0n) is 11.4. The molecule has 1 aromatic rings. The van der Waals surface area contributed by atoms with E-state index in [0.29, 0.717) is 5.57 Å². The Balaban J connectivity index is 2.75. The van der Waals surface area contributed by atoms with Gasteiger partial charge in [0.05, 0.1) is 0 Å². The van der Waals surface area contributed by atoms with Crippen molar-refractivity contribution in [1.82, 2.24) is 5.32 Å². The van der Waals surface area contributed by atoms with Crippen LogP contribution in [0.4, 0.5) is 0 Å². The molecule has 1 rings (SSSR count). The van der Waals surface area contributed by atoms with Gasteiger partial charge in [0.2, 0.25) is 0 Å². The van der Waals surface area contributed by atoms with Gasteiger partial charge in [0.25, 0.3) is 5.91 Å². The van der Waals surface area contributed by atoms with Crippen LogP contribution in [-0.4, -0.2) is 22.7 Å². The SMILES string of the molecule is C/C(=C\c1ccccc1)C(O)C(=O)NC(C)(C)C. The lowest BCUT2D eigenvalue weighted by Crippen LogP contribution is -2.46. The molecule has 3 heteroatoms. The standard InChI is InChI=1S/C15H21NO2/c1-11(10-12-8-6-5-7-9-12)13(17)14(18)16-15(2,3)4/h5-10,13,17H,1-4H3,(H,16,18)/b11-10+. The van der Waals surface area contributed by atoms with Crippen LogP contribution in [0.1, 0.15) is 33.3 Å². The summed E-state index contributed by atoms with van der Waals surface area (Å²) in [5.41, 5.74) is 1.26. The van der Waals surface area contributed by atoms with Crippen molar-refractivity contribution >= 4 is 12.0 Å². The molecule has 0 aliphatic carbocycles. The van der Waals surface area contributed by atoms with E-state index in [2.05, 4.69) is 5.32 Å². The Morgan fingerprint density at radius 3 is 2.33 bits per heavy atom. The lowest BCUT2D eigenvalue weighted by Gasteiger charge is -2.23. The lowest BCUT2D eigenvalue weighted by molar-refractivity contribution is -0.129. The Morgan fingerprint density at radius 1 is 1.28 bits per heavy atom. The van der Waals surface area contributed by atoms with Crippen molar-refractivity contribution in [2.45, 2.75) is 39.3 Å². The van der Waals surface area contributed by atoms with Crippen molar-refractivity contribution in [3.05, 3.63) is 41.5 Å². The van der Waals surface area contributed by atoms with Gasteiger partial charge in [-0.1, -0.05) is 36.4 Å². The molecule has 0 aliphatic rings. The molecule has 0 bridgehead atoms. The summed E-state index contributed by atoms with van der Waals surface area (Å²) >= 11 is 0. The van der Waals surface area contributed by atoms with Crippen LogP contribution >= 0.6 is 0 Å². The smallest absolute Gasteiger partial charge is 0.253 e. The zero-order valence-corrected chi connectivity index (χ0v) is 11.4. The van der Waals surface area contributed by atoms with Gasteiger partial charge < -0.3 is 10.4 Å². The normalized spacial score (nSPS) is 14.2. The van der Waals surface area contributed by atoms with Crippen molar-refractivity contribution < 1.29 is 9.90 Å². The van der Waals surface area contributed by atoms with Crippen molar-refractivity contribution in [2.24, 2.45) is 0 Å². The van der Waals surface area contributed by atoms with Gasteiger partial charge in [0.15, 0.2) is 6.10 Å². The predicted molar refractivity (Wildman–Crippen MR) is 74.0 cm³/mol. The summed E-state index contributed by atoms with van der Waals surface area (Å²) < 4.78 is 0. The fourth-order valence-electron chi connectivity index (χ4n) is 1.54. The number of hydrogen-bond donors (Lipinski definition) is 2. The maximum atomic E-state index is 11.8. The first-order valence-corrected chi connectivity index (χ1v) is 6.03. The molecule has 0 aliphatic heterocycles. The van der Waals surface area contributed by atoms with E-state index in [-0.39, 0.29) is 11.4 Å². The highest BCUT2D eigenvalue weighted by Crippen LogP contribution is 2.11. The molecule has 0 radical (unpaired) electrons. The predicted octanol–water partition coefficient (Wildman–Crippen LogP) is 2.37. The molecule has 0 saturated carbocycles. The second-order valence-corrected chi connectivity index (χ2v) is 5.44. The van der Waals surface area contributed by atoms with E-state index in [0.717, 1.165) is 5.56 Å². The molecule has 0 fully saturated rings. The van der Waals surface area contributed by atoms with Crippen LogP contribution < -0.4 is 5.32 Å². The Kier molecular flexibility index (Phi) is 4.68. The summed E-state index contributed by atoms with van der Waals surface area (Å²) in [6, 6.07) is 9.62. The number of rotatable bonds is 3. The molecular weight excluding hydrogens is 226 g/mol. The molecule has 1 aromatic carbocycles. The summed E-state index contributed by atoms with van der Waals surface area (Å²) in [6.45, 7) is 7.40. The van der Waals surface area contributed by atoms with Crippen molar-refractivity contribution in [3.8, 4) is 0 Å². The number of aliphatic hydroxyl groups is 1. The highest BCUT2D eigenvalue weighted by atomic mass is 16.3. The Morgan fingerprint density at radius 2 is 1.83 bits per heavy atom. The van der Waals surface area contributed by atoms with Crippen molar-refractivity contribution in [3.63, 3.8) is 0 Å². The van der Waals surface area contributed by atoms with Crippen LogP contribution in [0.3, 0.4) is 0 Å². The van der Waals surface area contributed by atoms with Crippen LogP contribution in [0.15, 0.2) is 35.9 Å². The van der Waals surface area contributed by atoms with E-state index >= 15 is 0 Å². The summed E-state index contributed by atoms with van der Waals surface area (Å²) in [5, 5.41) is 12.7. The van der Waals surface area contributed by atoms with Crippen molar-refractivity contribution in [1.29, 1.82) is 0 Å². The first-order chi connectivity index (χ1) is 8.29. The number of hydrogen-bond acceptors (Lipinski definition) is 2. The molecule has 1 atom stereocenters. The van der Waals surface area contributed by atoms with Gasteiger partial charge in [0.1, 0.15) is 0 Å². The molecule has 3 nitrogen and oxygen atoms in total. The third kappa shape index (κ3) is 4.72. The molecule has 18 heavy (non-hydrogen) atoms.